The number of fused-ring (bicyclic) bond motifs is 1. The SMILES string of the molecule is O=[N+]([O-])c1cnc(NC2CCc3[nH]ncc3C2)c(Cl)c1. The van der Waals surface area contributed by atoms with E-state index in [2.05, 4.69) is 20.5 Å². The predicted octanol–water partition coefficient (Wildman–Crippen LogP) is 2.34. The molecule has 1 aliphatic carbocycles. The van der Waals surface area contributed by atoms with E-state index in [4.69, 9.17) is 11.6 Å². The van der Waals surface area contributed by atoms with Crippen molar-refractivity contribution < 1.29 is 4.92 Å². The molecule has 0 amide bonds. The summed E-state index contributed by atoms with van der Waals surface area (Å²) in [6, 6.07) is 1.51. The van der Waals surface area contributed by atoms with Crippen molar-refractivity contribution in [2.24, 2.45) is 0 Å². The lowest BCUT2D eigenvalue weighted by atomic mass is 9.93. The maximum Gasteiger partial charge on any atom is 0.289 e. The van der Waals surface area contributed by atoms with Gasteiger partial charge in [0, 0.05) is 17.8 Å². The van der Waals surface area contributed by atoms with Crippen molar-refractivity contribution in [3.8, 4) is 0 Å². The van der Waals surface area contributed by atoms with Crippen LogP contribution in [0.1, 0.15) is 17.7 Å². The average molecular weight is 294 g/mol. The number of anilines is 1. The van der Waals surface area contributed by atoms with Crippen molar-refractivity contribution >= 4 is 23.1 Å². The maximum absolute atomic E-state index is 10.6. The number of hydrogen-bond donors (Lipinski definition) is 2. The van der Waals surface area contributed by atoms with Crippen LogP contribution in [-0.4, -0.2) is 26.1 Å². The van der Waals surface area contributed by atoms with Crippen LogP contribution in [0.15, 0.2) is 18.5 Å². The fraction of sp³-hybridized carbons (Fsp3) is 0.333. The van der Waals surface area contributed by atoms with Gasteiger partial charge in [0.2, 0.25) is 0 Å². The molecule has 0 saturated heterocycles. The number of nitrogens with one attached hydrogen (secondary N) is 2. The first-order valence-corrected chi connectivity index (χ1v) is 6.59. The van der Waals surface area contributed by atoms with Crippen LogP contribution >= 0.6 is 11.6 Å². The van der Waals surface area contributed by atoms with Gasteiger partial charge in [-0.2, -0.15) is 5.10 Å². The molecular weight excluding hydrogens is 282 g/mol. The van der Waals surface area contributed by atoms with Gasteiger partial charge < -0.3 is 5.32 Å². The van der Waals surface area contributed by atoms with Crippen LogP contribution < -0.4 is 5.32 Å². The molecule has 2 N–H and O–H groups in total. The molecule has 2 aromatic heterocycles. The predicted molar refractivity (Wildman–Crippen MR) is 73.9 cm³/mol. The van der Waals surface area contributed by atoms with Gasteiger partial charge in [-0.3, -0.25) is 15.2 Å². The first-order chi connectivity index (χ1) is 9.63. The summed E-state index contributed by atoms with van der Waals surface area (Å²) in [6.07, 6.45) is 5.72. The molecular formula is C12H12ClN5O2. The second kappa shape index (κ2) is 5.09. The molecule has 0 saturated carbocycles. The van der Waals surface area contributed by atoms with E-state index in [0.717, 1.165) is 19.3 Å². The zero-order valence-electron chi connectivity index (χ0n) is 10.5. The quantitative estimate of drug-likeness (QED) is 0.669. The number of hydrogen-bond acceptors (Lipinski definition) is 5. The van der Waals surface area contributed by atoms with Crippen LogP contribution in [0.25, 0.3) is 0 Å². The standard InChI is InChI=1S/C12H12ClN5O2/c13-10-4-9(18(19)20)6-14-12(10)16-8-1-2-11-7(3-8)5-15-17-11/h4-6,8H,1-3H2,(H,14,16)(H,15,17). The Bertz CT molecular complexity index is 657. The largest absolute Gasteiger partial charge is 0.366 e. The molecule has 104 valence electrons. The molecule has 0 fully saturated rings. The van der Waals surface area contributed by atoms with Crippen LogP contribution in [0.4, 0.5) is 11.5 Å². The highest BCUT2D eigenvalue weighted by atomic mass is 35.5. The van der Waals surface area contributed by atoms with Crippen LogP contribution in [0.3, 0.4) is 0 Å². The van der Waals surface area contributed by atoms with Crippen molar-refractivity contribution in [3.63, 3.8) is 0 Å². The topological polar surface area (TPSA) is 96.7 Å². The molecule has 2 aromatic rings. The van der Waals surface area contributed by atoms with Gasteiger partial charge in [-0.1, -0.05) is 11.6 Å². The van der Waals surface area contributed by atoms with E-state index in [1.165, 1.54) is 23.5 Å². The number of halogens is 1. The smallest absolute Gasteiger partial charge is 0.289 e. The number of nitro groups is 1. The minimum atomic E-state index is -0.513. The first-order valence-electron chi connectivity index (χ1n) is 6.21. The molecule has 1 atom stereocenters. The molecule has 20 heavy (non-hydrogen) atoms. The minimum absolute atomic E-state index is 0.110. The summed E-state index contributed by atoms with van der Waals surface area (Å²) < 4.78 is 0. The van der Waals surface area contributed by atoms with Crippen molar-refractivity contribution in [2.75, 3.05) is 5.32 Å². The summed E-state index contributed by atoms with van der Waals surface area (Å²) in [4.78, 5) is 14.2. The number of rotatable bonds is 3. The normalized spacial score (nSPS) is 17.6. The fourth-order valence-corrected chi connectivity index (χ4v) is 2.58. The number of H-pyrrole nitrogens is 1. The summed E-state index contributed by atoms with van der Waals surface area (Å²) >= 11 is 6.02. The molecule has 1 aliphatic rings. The summed E-state index contributed by atoms with van der Waals surface area (Å²) in [5.74, 6) is 0.481. The van der Waals surface area contributed by atoms with Gasteiger partial charge in [0.05, 0.1) is 16.1 Å². The molecule has 3 rings (SSSR count). The van der Waals surface area contributed by atoms with E-state index in [-0.39, 0.29) is 16.8 Å². The molecule has 0 radical (unpaired) electrons. The van der Waals surface area contributed by atoms with Gasteiger partial charge >= 0.3 is 0 Å². The molecule has 0 aliphatic heterocycles. The van der Waals surface area contributed by atoms with E-state index in [9.17, 15) is 10.1 Å². The Morgan fingerprint density at radius 3 is 3.10 bits per heavy atom. The van der Waals surface area contributed by atoms with E-state index in [1.807, 2.05) is 6.20 Å². The Morgan fingerprint density at radius 2 is 2.35 bits per heavy atom. The van der Waals surface area contributed by atoms with Gasteiger partial charge in [-0.25, -0.2) is 4.98 Å². The summed E-state index contributed by atoms with van der Waals surface area (Å²) in [6.45, 7) is 0. The number of pyridine rings is 1. The van der Waals surface area contributed by atoms with Crippen LogP contribution in [0.2, 0.25) is 5.02 Å². The third kappa shape index (κ3) is 2.44. The highest BCUT2D eigenvalue weighted by molar-refractivity contribution is 6.33. The lowest BCUT2D eigenvalue weighted by Gasteiger charge is -2.23. The third-order valence-electron chi connectivity index (χ3n) is 3.40. The van der Waals surface area contributed by atoms with Crippen LogP contribution in [0.5, 0.6) is 0 Å². The lowest BCUT2D eigenvalue weighted by Crippen LogP contribution is -2.27. The second-order valence-corrected chi connectivity index (χ2v) is 5.15. The zero-order valence-corrected chi connectivity index (χ0v) is 11.2. The zero-order chi connectivity index (χ0) is 14.1. The van der Waals surface area contributed by atoms with Crippen LogP contribution in [0, 0.1) is 10.1 Å². The lowest BCUT2D eigenvalue weighted by molar-refractivity contribution is -0.385. The maximum atomic E-state index is 10.6. The highest BCUT2D eigenvalue weighted by Crippen LogP contribution is 2.27. The second-order valence-electron chi connectivity index (χ2n) is 4.74. The van der Waals surface area contributed by atoms with Crippen molar-refractivity contribution in [3.05, 3.63) is 44.9 Å². The number of aromatic nitrogens is 3. The first kappa shape index (κ1) is 12.9. The number of nitrogens with zero attached hydrogens (tertiary/aromatic N) is 3. The molecule has 8 heteroatoms. The Hall–Kier alpha value is -2.15. The van der Waals surface area contributed by atoms with E-state index < -0.39 is 4.92 Å². The van der Waals surface area contributed by atoms with E-state index >= 15 is 0 Å². The van der Waals surface area contributed by atoms with Gasteiger partial charge in [0.1, 0.15) is 12.0 Å². The molecule has 0 aromatic carbocycles. The van der Waals surface area contributed by atoms with E-state index in [1.54, 1.807) is 0 Å². The van der Waals surface area contributed by atoms with Crippen molar-refractivity contribution in [1.82, 2.24) is 15.2 Å². The molecule has 7 nitrogen and oxygen atoms in total. The summed E-state index contributed by atoms with van der Waals surface area (Å²) in [5, 5.41) is 21.1. The Labute approximate surface area is 119 Å². The average Bonchev–Trinajstić information content (AvgIpc) is 2.88. The number of aromatic amines is 1. The fourth-order valence-electron chi connectivity index (χ4n) is 2.37. The van der Waals surface area contributed by atoms with E-state index in [0.29, 0.717) is 5.82 Å². The summed E-state index contributed by atoms with van der Waals surface area (Å²) in [7, 11) is 0. The van der Waals surface area contributed by atoms with Crippen LogP contribution in [-0.2, 0) is 12.8 Å². The van der Waals surface area contributed by atoms with Gasteiger partial charge in [0.15, 0.2) is 0 Å². The minimum Gasteiger partial charge on any atom is -0.366 e. The summed E-state index contributed by atoms with van der Waals surface area (Å²) in [5.41, 5.74) is 2.25. The Morgan fingerprint density at radius 1 is 1.50 bits per heavy atom. The molecule has 2 heterocycles. The Kier molecular flexibility index (Phi) is 3.27. The molecule has 0 spiro atoms. The molecule has 0 bridgehead atoms. The van der Waals surface area contributed by atoms with Gasteiger partial charge in [0.25, 0.3) is 5.69 Å². The third-order valence-corrected chi connectivity index (χ3v) is 3.68. The number of aryl methyl sites for hydroxylation is 1. The van der Waals surface area contributed by atoms with Gasteiger partial charge in [-0.05, 0) is 24.8 Å². The van der Waals surface area contributed by atoms with Crippen molar-refractivity contribution in [2.45, 2.75) is 25.3 Å². The molecule has 1 unspecified atom stereocenters. The highest BCUT2D eigenvalue weighted by Gasteiger charge is 2.21. The Balaban J connectivity index is 1.74. The van der Waals surface area contributed by atoms with Gasteiger partial charge in [-0.15, -0.1) is 0 Å². The monoisotopic (exact) mass is 293 g/mol. The van der Waals surface area contributed by atoms with Crippen molar-refractivity contribution in [1.29, 1.82) is 0 Å².